The highest BCUT2D eigenvalue weighted by molar-refractivity contribution is 5.95. The summed E-state index contributed by atoms with van der Waals surface area (Å²) in [6.45, 7) is 4.39. The first kappa shape index (κ1) is 13.0. The molecule has 2 amide bonds. The van der Waals surface area contributed by atoms with Gasteiger partial charge in [-0.2, -0.15) is 0 Å². The SMILES string of the molecule is CC(C)C1NC(=O)CN(C2COc3ccccc32)C1=O. The molecule has 106 valence electrons. The van der Waals surface area contributed by atoms with E-state index in [0.717, 1.165) is 11.3 Å². The van der Waals surface area contributed by atoms with Crippen LogP contribution in [0.15, 0.2) is 24.3 Å². The molecule has 0 radical (unpaired) electrons. The van der Waals surface area contributed by atoms with Gasteiger partial charge in [-0.3, -0.25) is 9.59 Å². The van der Waals surface area contributed by atoms with Gasteiger partial charge in [-0.05, 0) is 12.0 Å². The third kappa shape index (κ3) is 2.03. The first-order valence-electron chi connectivity index (χ1n) is 6.89. The van der Waals surface area contributed by atoms with Crippen LogP contribution in [0.3, 0.4) is 0 Å². The molecule has 0 bridgehead atoms. The van der Waals surface area contributed by atoms with E-state index in [4.69, 9.17) is 4.74 Å². The third-order valence-corrected chi connectivity index (χ3v) is 3.90. The van der Waals surface area contributed by atoms with Gasteiger partial charge in [0.15, 0.2) is 0 Å². The van der Waals surface area contributed by atoms with Crippen LogP contribution in [0.1, 0.15) is 25.5 Å². The van der Waals surface area contributed by atoms with Crippen LogP contribution in [0.4, 0.5) is 0 Å². The largest absolute Gasteiger partial charge is 0.491 e. The molecule has 2 unspecified atom stereocenters. The van der Waals surface area contributed by atoms with E-state index in [1.807, 2.05) is 38.1 Å². The Kier molecular flexibility index (Phi) is 3.12. The van der Waals surface area contributed by atoms with E-state index in [0.29, 0.717) is 6.61 Å². The van der Waals surface area contributed by atoms with Gasteiger partial charge in [-0.25, -0.2) is 0 Å². The Bertz CT molecular complexity index is 556. The highest BCUT2D eigenvalue weighted by atomic mass is 16.5. The number of carbonyl (C=O) groups excluding carboxylic acids is 2. The second-order valence-corrected chi connectivity index (χ2v) is 5.62. The van der Waals surface area contributed by atoms with Gasteiger partial charge >= 0.3 is 0 Å². The van der Waals surface area contributed by atoms with Crippen LogP contribution >= 0.6 is 0 Å². The quantitative estimate of drug-likeness (QED) is 0.878. The lowest BCUT2D eigenvalue weighted by atomic mass is 9.98. The minimum Gasteiger partial charge on any atom is -0.491 e. The van der Waals surface area contributed by atoms with Gasteiger partial charge in [-0.1, -0.05) is 32.0 Å². The van der Waals surface area contributed by atoms with Crippen molar-refractivity contribution in [3.63, 3.8) is 0 Å². The van der Waals surface area contributed by atoms with Crippen LogP contribution in [0.2, 0.25) is 0 Å². The van der Waals surface area contributed by atoms with Gasteiger partial charge in [0.25, 0.3) is 0 Å². The minimum absolute atomic E-state index is 0.0232. The molecule has 2 aliphatic heterocycles. The van der Waals surface area contributed by atoms with E-state index in [1.165, 1.54) is 0 Å². The van der Waals surface area contributed by atoms with E-state index in [2.05, 4.69) is 5.32 Å². The zero-order valence-corrected chi connectivity index (χ0v) is 11.6. The minimum atomic E-state index is -0.441. The topological polar surface area (TPSA) is 58.6 Å². The standard InChI is InChI=1S/C15H18N2O3/c1-9(2)14-15(19)17(7-13(18)16-14)11-8-20-12-6-4-3-5-10(11)12/h3-6,9,11,14H,7-8H2,1-2H3,(H,16,18). The molecule has 1 fully saturated rings. The van der Waals surface area contributed by atoms with Crippen molar-refractivity contribution in [1.82, 2.24) is 10.2 Å². The van der Waals surface area contributed by atoms with Crippen molar-refractivity contribution in [2.75, 3.05) is 13.2 Å². The van der Waals surface area contributed by atoms with Gasteiger partial charge in [0, 0.05) is 5.56 Å². The number of ether oxygens (including phenoxy) is 1. The molecule has 1 aromatic carbocycles. The summed E-state index contributed by atoms with van der Waals surface area (Å²) in [5.41, 5.74) is 0.984. The second-order valence-electron chi connectivity index (χ2n) is 5.62. The molecule has 2 aliphatic rings. The van der Waals surface area contributed by atoms with E-state index in [9.17, 15) is 9.59 Å². The molecular formula is C15H18N2O3. The molecular weight excluding hydrogens is 256 g/mol. The van der Waals surface area contributed by atoms with E-state index in [-0.39, 0.29) is 30.3 Å². The van der Waals surface area contributed by atoms with Crippen molar-refractivity contribution in [2.45, 2.75) is 25.9 Å². The number of nitrogens with one attached hydrogen (secondary N) is 1. The first-order valence-corrected chi connectivity index (χ1v) is 6.89. The molecule has 1 N–H and O–H groups in total. The van der Waals surface area contributed by atoms with E-state index in [1.54, 1.807) is 4.90 Å². The lowest BCUT2D eigenvalue weighted by Gasteiger charge is -2.37. The molecule has 5 heteroatoms. The molecule has 3 rings (SSSR count). The second kappa shape index (κ2) is 4.81. The first-order chi connectivity index (χ1) is 9.58. The summed E-state index contributed by atoms with van der Waals surface area (Å²) >= 11 is 0. The summed E-state index contributed by atoms with van der Waals surface area (Å²) < 4.78 is 5.62. The number of carbonyl (C=O) groups is 2. The Balaban J connectivity index is 1.90. The Morgan fingerprint density at radius 1 is 1.30 bits per heavy atom. The molecule has 2 heterocycles. The summed E-state index contributed by atoms with van der Waals surface area (Å²) in [4.78, 5) is 26.1. The molecule has 5 nitrogen and oxygen atoms in total. The van der Waals surface area contributed by atoms with Crippen LogP contribution in [0.5, 0.6) is 5.75 Å². The summed E-state index contributed by atoms with van der Waals surface area (Å²) in [5, 5.41) is 2.77. The Labute approximate surface area is 117 Å². The lowest BCUT2D eigenvalue weighted by Crippen LogP contribution is -2.60. The summed E-state index contributed by atoms with van der Waals surface area (Å²) in [5.74, 6) is 0.752. The predicted octanol–water partition coefficient (Wildman–Crippen LogP) is 1.10. The number of hydrogen-bond acceptors (Lipinski definition) is 3. The maximum Gasteiger partial charge on any atom is 0.246 e. The number of para-hydroxylation sites is 1. The highest BCUT2D eigenvalue weighted by Crippen LogP contribution is 2.36. The van der Waals surface area contributed by atoms with Crippen molar-refractivity contribution in [2.24, 2.45) is 5.92 Å². The average molecular weight is 274 g/mol. The predicted molar refractivity (Wildman–Crippen MR) is 73.2 cm³/mol. The molecule has 1 saturated heterocycles. The number of rotatable bonds is 2. The molecule has 0 aliphatic carbocycles. The molecule has 1 aromatic rings. The van der Waals surface area contributed by atoms with Crippen LogP contribution in [0.25, 0.3) is 0 Å². The fourth-order valence-electron chi connectivity index (χ4n) is 2.81. The van der Waals surface area contributed by atoms with Crippen molar-refractivity contribution < 1.29 is 14.3 Å². The summed E-state index contributed by atoms with van der Waals surface area (Å²) in [6, 6.07) is 7.08. The fraction of sp³-hybridized carbons (Fsp3) is 0.467. The average Bonchev–Trinajstić information content (AvgIpc) is 2.84. The maximum absolute atomic E-state index is 12.6. The summed E-state index contributed by atoms with van der Waals surface area (Å²) in [6.07, 6.45) is 0. The summed E-state index contributed by atoms with van der Waals surface area (Å²) in [7, 11) is 0. The lowest BCUT2D eigenvalue weighted by molar-refractivity contribution is -0.148. The fourth-order valence-corrected chi connectivity index (χ4v) is 2.81. The Morgan fingerprint density at radius 2 is 2.05 bits per heavy atom. The molecule has 20 heavy (non-hydrogen) atoms. The van der Waals surface area contributed by atoms with Gasteiger partial charge in [0.2, 0.25) is 11.8 Å². The van der Waals surface area contributed by atoms with E-state index >= 15 is 0 Å². The highest BCUT2D eigenvalue weighted by Gasteiger charge is 2.41. The number of fused-ring (bicyclic) bond motifs is 1. The Morgan fingerprint density at radius 3 is 2.80 bits per heavy atom. The van der Waals surface area contributed by atoms with Crippen molar-refractivity contribution >= 4 is 11.8 Å². The van der Waals surface area contributed by atoms with Crippen molar-refractivity contribution in [3.05, 3.63) is 29.8 Å². The molecule has 0 saturated carbocycles. The number of benzene rings is 1. The zero-order valence-electron chi connectivity index (χ0n) is 11.6. The maximum atomic E-state index is 12.6. The number of amides is 2. The van der Waals surface area contributed by atoms with Crippen molar-refractivity contribution in [1.29, 1.82) is 0 Å². The van der Waals surface area contributed by atoms with Gasteiger partial charge in [-0.15, -0.1) is 0 Å². The third-order valence-electron chi connectivity index (χ3n) is 3.90. The van der Waals surface area contributed by atoms with Gasteiger partial charge in [0.1, 0.15) is 24.9 Å². The number of nitrogens with zero attached hydrogens (tertiary/aromatic N) is 1. The van der Waals surface area contributed by atoms with Crippen LogP contribution in [-0.2, 0) is 9.59 Å². The van der Waals surface area contributed by atoms with Gasteiger partial charge in [0.05, 0.1) is 6.04 Å². The zero-order chi connectivity index (χ0) is 14.3. The smallest absolute Gasteiger partial charge is 0.246 e. The van der Waals surface area contributed by atoms with Crippen molar-refractivity contribution in [3.8, 4) is 5.75 Å². The molecule has 2 atom stereocenters. The molecule has 0 aromatic heterocycles. The van der Waals surface area contributed by atoms with Crippen LogP contribution in [-0.4, -0.2) is 35.9 Å². The Hall–Kier alpha value is -2.04. The van der Waals surface area contributed by atoms with Crippen LogP contribution < -0.4 is 10.1 Å². The van der Waals surface area contributed by atoms with E-state index < -0.39 is 6.04 Å². The number of piperazine rings is 1. The monoisotopic (exact) mass is 274 g/mol. The van der Waals surface area contributed by atoms with Gasteiger partial charge < -0.3 is 15.0 Å². The van der Waals surface area contributed by atoms with Crippen LogP contribution in [0, 0.1) is 5.92 Å². The normalized spacial score (nSPS) is 25.4. The molecule has 0 spiro atoms. The number of hydrogen-bond donors (Lipinski definition) is 1.